The van der Waals surface area contributed by atoms with Gasteiger partial charge in [0.25, 0.3) is 0 Å². The van der Waals surface area contributed by atoms with Crippen molar-refractivity contribution in [2.45, 2.75) is 44.8 Å². The summed E-state index contributed by atoms with van der Waals surface area (Å²) < 4.78 is 44.6. The summed E-state index contributed by atoms with van der Waals surface area (Å²) in [5.41, 5.74) is 5.03. The normalized spacial score (nSPS) is 27.4. The van der Waals surface area contributed by atoms with Crippen molar-refractivity contribution in [1.82, 2.24) is 14.8 Å². The molecule has 0 aromatic carbocycles. The van der Waals surface area contributed by atoms with E-state index in [1.54, 1.807) is 12.0 Å². The number of primary amides is 1. The highest BCUT2D eigenvalue weighted by atomic mass is 19.4. The third-order valence-electron chi connectivity index (χ3n) is 7.32. The van der Waals surface area contributed by atoms with E-state index < -0.39 is 23.2 Å². The van der Waals surface area contributed by atoms with E-state index >= 15 is 0 Å². The van der Waals surface area contributed by atoms with Crippen LogP contribution in [0.2, 0.25) is 0 Å². The number of nitrogens with two attached hydrogens (primary N) is 1. The SMILES string of the molecule is COCCC[C@@H]1C[C@H]2CN(C(N)=O)C[C@@]2(C(=O)N2CCc3ncc(C(F)(F)F)cc3C2)C1. The summed E-state index contributed by atoms with van der Waals surface area (Å²) in [6.07, 6.45) is 0.132. The highest BCUT2D eigenvalue weighted by Gasteiger charge is 2.59. The fourth-order valence-corrected chi connectivity index (χ4v) is 5.81. The number of halogens is 3. The molecule has 0 spiro atoms. The van der Waals surface area contributed by atoms with Crippen molar-refractivity contribution in [2.24, 2.45) is 23.0 Å². The fraction of sp³-hybridized carbons (Fsp3) is 0.682. The van der Waals surface area contributed by atoms with Crippen molar-refractivity contribution in [3.05, 3.63) is 29.1 Å². The smallest absolute Gasteiger partial charge is 0.385 e. The van der Waals surface area contributed by atoms with E-state index in [1.165, 1.54) is 4.90 Å². The molecule has 7 nitrogen and oxygen atoms in total. The van der Waals surface area contributed by atoms with Gasteiger partial charge in [-0.2, -0.15) is 13.2 Å². The number of likely N-dealkylation sites (tertiary alicyclic amines) is 1. The van der Waals surface area contributed by atoms with E-state index in [1.807, 2.05) is 0 Å². The number of amides is 3. The molecule has 3 atom stereocenters. The lowest BCUT2D eigenvalue weighted by molar-refractivity contribution is -0.143. The number of aromatic nitrogens is 1. The monoisotopic (exact) mass is 454 g/mol. The standard InChI is InChI=1S/C22H29F3N4O3/c1-32-6-2-3-14-7-17-12-29(20(26)31)13-21(17,9-14)19(30)28-5-4-18-15(11-28)8-16(10-27-18)22(23,24)25/h8,10,14,17H,2-7,9,11-13H2,1H3,(H2,26,31)/t14-,17+,21+/m1/s1. The Morgan fingerprint density at radius 2 is 2.12 bits per heavy atom. The number of urea groups is 1. The van der Waals surface area contributed by atoms with Gasteiger partial charge in [0.15, 0.2) is 0 Å². The van der Waals surface area contributed by atoms with Crippen molar-refractivity contribution in [3.8, 4) is 0 Å². The Hall–Kier alpha value is -2.36. The predicted molar refractivity (Wildman–Crippen MR) is 109 cm³/mol. The lowest BCUT2D eigenvalue weighted by Gasteiger charge is -2.37. The first-order valence-corrected chi connectivity index (χ1v) is 11.0. The molecule has 10 heteroatoms. The summed E-state index contributed by atoms with van der Waals surface area (Å²) >= 11 is 0. The molecule has 0 radical (unpaired) electrons. The molecule has 4 rings (SSSR count). The fourth-order valence-electron chi connectivity index (χ4n) is 5.81. The largest absolute Gasteiger partial charge is 0.417 e. The molecular formula is C22H29F3N4O3. The summed E-state index contributed by atoms with van der Waals surface area (Å²) in [5, 5.41) is 0. The van der Waals surface area contributed by atoms with Crippen molar-refractivity contribution in [3.63, 3.8) is 0 Å². The Labute approximate surface area is 185 Å². The van der Waals surface area contributed by atoms with Crippen LogP contribution in [0.4, 0.5) is 18.0 Å². The van der Waals surface area contributed by atoms with Crippen LogP contribution >= 0.6 is 0 Å². The molecule has 176 valence electrons. The zero-order chi connectivity index (χ0) is 23.1. The Balaban J connectivity index is 1.55. The van der Waals surface area contributed by atoms with E-state index in [4.69, 9.17) is 10.5 Å². The van der Waals surface area contributed by atoms with Crippen LogP contribution in [0, 0.1) is 17.3 Å². The number of alkyl halides is 3. The molecule has 2 N–H and O–H groups in total. The Morgan fingerprint density at radius 1 is 1.34 bits per heavy atom. The number of hydrogen-bond acceptors (Lipinski definition) is 4. The summed E-state index contributed by atoms with van der Waals surface area (Å²) in [7, 11) is 1.66. The number of carbonyl (C=O) groups excluding carboxylic acids is 2. The van der Waals surface area contributed by atoms with Crippen LogP contribution in [0.1, 0.15) is 42.5 Å². The van der Waals surface area contributed by atoms with Gasteiger partial charge >= 0.3 is 12.2 Å². The summed E-state index contributed by atoms with van der Waals surface area (Å²) in [4.78, 5) is 32.9. The zero-order valence-corrected chi connectivity index (χ0v) is 18.2. The molecule has 3 heterocycles. The number of hydrogen-bond donors (Lipinski definition) is 1. The number of nitrogens with zero attached hydrogens (tertiary/aromatic N) is 3. The quantitative estimate of drug-likeness (QED) is 0.693. The third-order valence-corrected chi connectivity index (χ3v) is 7.32. The maximum absolute atomic E-state index is 13.8. The van der Waals surface area contributed by atoms with Gasteiger partial charge in [0.1, 0.15) is 0 Å². The van der Waals surface area contributed by atoms with Crippen LogP contribution in [0.25, 0.3) is 0 Å². The van der Waals surface area contributed by atoms with Crippen molar-refractivity contribution in [1.29, 1.82) is 0 Å². The molecule has 32 heavy (non-hydrogen) atoms. The van der Waals surface area contributed by atoms with E-state index in [9.17, 15) is 22.8 Å². The second-order valence-electron chi connectivity index (χ2n) is 9.32. The molecule has 1 aromatic heterocycles. The predicted octanol–water partition coefficient (Wildman–Crippen LogP) is 2.82. The lowest BCUT2D eigenvalue weighted by atomic mass is 9.78. The van der Waals surface area contributed by atoms with Crippen LogP contribution in [0.5, 0.6) is 0 Å². The number of methoxy groups -OCH3 is 1. The minimum Gasteiger partial charge on any atom is -0.385 e. The molecule has 0 unspecified atom stereocenters. The first-order valence-electron chi connectivity index (χ1n) is 11.0. The number of ether oxygens (including phenoxy) is 1. The highest BCUT2D eigenvalue weighted by molar-refractivity contribution is 5.86. The van der Waals surface area contributed by atoms with E-state index in [-0.39, 0.29) is 24.9 Å². The molecule has 0 bridgehead atoms. The van der Waals surface area contributed by atoms with Crippen molar-refractivity contribution in [2.75, 3.05) is 33.4 Å². The zero-order valence-electron chi connectivity index (χ0n) is 18.2. The van der Waals surface area contributed by atoms with Crippen LogP contribution in [-0.4, -0.2) is 60.1 Å². The number of pyridine rings is 1. The van der Waals surface area contributed by atoms with Crippen molar-refractivity contribution < 1.29 is 27.5 Å². The average molecular weight is 454 g/mol. The minimum absolute atomic E-state index is 0.0103. The van der Waals surface area contributed by atoms with Crippen LogP contribution in [-0.2, 0) is 28.7 Å². The van der Waals surface area contributed by atoms with Crippen LogP contribution in [0.15, 0.2) is 12.3 Å². The maximum Gasteiger partial charge on any atom is 0.417 e. The van der Waals surface area contributed by atoms with Gasteiger partial charge in [0, 0.05) is 58.2 Å². The molecular weight excluding hydrogens is 425 g/mol. The number of fused-ring (bicyclic) bond motifs is 2. The number of rotatable bonds is 5. The Bertz CT molecular complexity index is 894. The van der Waals surface area contributed by atoms with E-state index in [2.05, 4.69) is 4.98 Å². The minimum atomic E-state index is -4.48. The van der Waals surface area contributed by atoms with Gasteiger partial charge in [-0.15, -0.1) is 0 Å². The van der Waals surface area contributed by atoms with Crippen LogP contribution < -0.4 is 5.73 Å². The second-order valence-corrected chi connectivity index (χ2v) is 9.32. The summed E-state index contributed by atoms with van der Waals surface area (Å²) in [6, 6.07) is 0.564. The molecule has 2 fully saturated rings. The van der Waals surface area contributed by atoms with E-state index in [0.717, 1.165) is 31.5 Å². The molecule has 1 aromatic rings. The molecule has 1 saturated carbocycles. The second kappa shape index (κ2) is 8.53. The van der Waals surface area contributed by atoms with Crippen molar-refractivity contribution >= 4 is 11.9 Å². The van der Waals surface area contributed by atoms with E-state index in [0.29, 0.717) is 49.7 Å². The lowest BCUT2D eigenvalue weighted by Crippen LogP contribution is -2.49. The summed E-state index contributed by atoms with van der Waals surface area (Å²) in [5.74, 6) is 0.282. The topological polar surface area (TPSA) is 88.8 Å². The van der Waals surface area contributed by atoms with Gasteiger partial charge in [-0.25, -0.2) is 4.79 Å². The Morgan fingerprint density at radius 3 is 2.81 bits per heavy atom. The van der Waals surface area contributed by atoms with Gasteiger partial charge in [-0.1, -0.05) is 0 Å². The van der Waals surface area contributed by atoms with Gasteiger partial charge in [0.05, 0.1) is 11.0 Å². The molecule has 3 amide bonds. The average Bonchev–Trinajstić information content (AvgIpc) is 3.27. The Kier molecular flexibility index (Phi) is 6.08. The summed E-state index contributed by atoms with van der Waals surface area (Å²) in [6.45, 7) is 1.89. The van der Waals surface area contributed by atoms with Gasteiger partial charge in [-0.05, 0) is 49.1 Å². The first kappa shape index (κ1) is 22.8. The molecule has 1 saturated heterocycles. The first-order chi connectivity index (χ1) is 15.1. The number of carbonyl (C=O) groups is 2. The molecule has 2 aliphatic heterocycles. The van der Waals surface area contributed by atoms with Crippen LogP contribution in [0.3, 0.4) is 0 Å². The van der Waals surface area contributed by atoms with Gasteiger partial charge in [0.2, 0.25) is 5.91 Å². The molecule has 3 aliphatic rings. The third kappa shape index (κ3) is 4.16. The maximum atomic E-state index is 13.8. The van der Waals surface area contributed by atoms with Gasteiger partial charge in [-0.3, -0.25) is 9.78 Å². The molecule has 1 aliphatic carbocycles. The van der Waals surface area contributed by atoms with Gasteiger partial charge < -0.3 is 20.3 Å². The highest BCUT2D eigenvalue weighted by Crippen LogP contribution is 2.53.